The van der Waals surface area contributed by atoms with E-state index in [2.05, 4.69) is 58.1 Å². The van der Waals surface area contributed by atoms with Crippen LogP contribution in [0, 0.1) is 13.0 Å². The molecule has 2 heterocycles. The number of para-hydroxylation sites is 1. The summed E-state index contributed by atoms with van der Waals surface area (Å²) in [5, 5.41) is 0. The van der Waals surface area contributed by atoms with Crippen molar-refractivity contribution >= 4 is 11.0 Å². The second-order valence-corrected chi connectivity index (χ2v) is 8.23. The molecule has 1 saturated carbocycles. The van der Waals surface area contributed by atoms with Crippen molar-refractivity contribution in [2.45, 2.75) is 44.4 Å². The van der Waals surface area contributed by atoms with Gasteiger partial charge < -0.3 is 9.55 Å². The van der Waals surface area contributed by atoms with E-state index in [0.29, 0.717) is 0 Å². The molecular weight excluding hydrogens is 535 g/mol. The third kappa shape index (κ3) is 2.97. The second kappa shape index (κ2) is 7.19. The topological polar surface area (TPSA) is 30.7 Å². The number of imidazole rings is 1. The van der Waals surface area contributed by atoms with Crippen molar-refractivity contribution in [1.29, 1.82) is 0 Å². The van der Waals surface area contributed by atoms with Crippen LogP contribution in [0.4, 0.5) is 0 Å². The van der Waals surface area contributed by atoms with Gasteiger partial charge in [0.2, 0.25) is 0 Å². The summed E-state index contributed by atoms with van der Waals surface area (Å²) < 4.78 is 2.28. The quantitative estimate of drug-likeness (QED) is 0.286. The fourth-order valence-corrected chi connectivity index (χ4v) is 5.14. The number of hydrogen-bond acceptors (Lipinski definition) is 2. The van der Waals surface area contributed by atoms with Crippen molar-refractivity contribution in [2.75, 3.05) is 0 Å². The second-order valence-electron chi connectivity index (χ2n) is 8.23. The molecule has 1 radical (unpaired) electrons. The van der Waals surface area contributed by atoms with Gasteiger partial charge in [0.1, 0.15) is 0 Å². The first-order valence-corrected chi connectivity index (χ1v) is 10.2. The van der Waals surface area contributed by atoms with E-state index in [1.54, 1.807) is 11.1 Å². The number of rotatable bonds is 2. The molecule has 2 bridgehead atoms. The molecule has 0 aliphatic heterocycles. The Kier molecular flexibility index (Phi) is 4.64. The van der Waals surface area contributed by atoms with Gasteiger partial charge in [-0.2, -0.15) is 0 Å². The number of hydrogen-bond donors (Lipinski definition) is 0. The third-order valence-electron chi connectivity index (χ3n) is 6.56. The molecule has 0 spiro atoms. The minimum atomic E-state index is 0. The zero-order valence-corrected chi connectivity index (χ0v) is 18.7. The van der Waals surface area contributed by atoms with Crippen LogP contribution < -0.4 is 0 Å². The van der Waals surface area contributed by atoms with Crippen LogP contribution in [0.5, 0.6) is 0 Å². The standard InChI is InChI=1S/C25H22N3.Ir/c1-16-7-8-19(15-26-16)25-27-23-13-21-17-9-11-18(12-10-17)22(21)14-24(23)28(25)20-5-3-2-4-6-20;/h2-7,13-15,17-18H,9-12H2,1H3;/q-1;. The Balaban J connectivity index is 0.00000181. The van der Waals surface area contributed by atoms with Gasteiger partial charge in [0, 0.05) is 25.8 Å². The molecule has 4 heteroatoms. The molecule has 3 aliphatic rings. The van der Waals surface area contributed by atoms with Gasteiger partial charge in [0.05, 0.1) is 16.9 Å². The van der Waals surface area contributed by atoms with Crippen molar-refractivity contribution in [1.82, 2.24) is 14.5 Å². The van der Waals surface area contributed by atoms with Crippen molar-refractivity contribution < 1.29 is 20.1 Å². The summed E-state index contributed by atoms with van der Waals surface area (Å²) in [6.45, 7) is 1.99. The Morgan fingerprint density at radius 2 is 1.66 bits per heavy atom. The molecule has 2 aromatic heterocycles. The molecule has 0 saturated heterocycles. The van der Waals surface area contributed by atoms with Gasteiger partial charge >= 0.3 is 0 Å². The van der Waals surface area contributed by atoms with E-state index in [-0.39, 0.29) is 20.1 Å². The Bertz CT molecular complexity index is 1170. The average Bonchev–Trinajstić information content (AvgIpc) is 3.13. The van der Waals surface area contributed by atoms with Gasteiger partial charge in [-0.25, -0.2) is 0 Å². The van der Waals surface area contributed by atoms with Gasteiger partial charge in [-0.1, -0.05) is 36.9 Å². The summed E-state index contributed by atoms with van der Waals surface area (Å²) in [4.78, 5) is 9.56. The molecule has 2 aromatic carbocycles. The van der Waals surface area contributed by atoms with Crippen LogP contribution >= 0.6 is 0 Å². The number of aromatic nitrogens is 3. The smallest absolute Gasteiger partial charge is 0.0777 e. The van der Waals surface area contributed by atoms with E-state index < -0.39 is 0 Å². The van der Waals surface area contributed by atoms with Crippen molar-refractivity contribution in [3.8, 4) is 17.1 Å². The van der Waals surface area contributed by atoms with Gasteiger partial charge in [0.25, 0.3) is 0 Å². The van der Waals surface area contributed by atoms with Crippen LogP contribution in [0.3, 0.4) is 0 Å². The van der Waals surface area contributed by atoms with E-state index in [0.717, 1.165) is 40.1 Å². The molecule has 7 rings (SSSR count). The molecular formula is C25H22IrN3-. The Hall–Kier alpha value is -2.29. The van der Waals surface area contributed by atoms with E-state index in [9.17, 15) is 0 Å². The van der Waals surface area contributed by atoms with Crippen LogP contribution in [-0.2, 0) is 20.1 Å². The maximum absolute atomic E-state index is 5.07. The van der Waals surface area contributed by atoms with Gasteiger partial charge in [-0.05, 0) is 78.6 Å². The molecule has 3 nitrogen and oxygen atoms in total. The predicted octanol–water partition coefficient (Wildman–Crippen LogP) is 5.95. The predicted molar refractivity (Wildman–Crippen MR) is 112 cm³/mol. The zero-order chi connectivity index (χ0) is 18.7. The monoisotopic (exact) mass is 557 g/mol. The molecule has 0 atom stereocenters. The number of pyridine rings is 1. The minimum Gasteiger partial charge on any atom is -0.357 e. The largest absolute Gasteiger partial charge is 0.357 e. The van der Waals surface area contributed by atoms with Crippen molar-refractivity contribution in [2.24, 2.45) is 0 Å². The van der Waals surface area contributed by atoms with E-state index in [4.69, 9.17) is 4.98 Å². The number of nitrogens with zero attached hydrogens (tertiary/aromatic N) is 3. The summed E-state index contributed by atoms with van der Waals surface area (Å²) in [6, 6.07) is 20.6. The number of aryl methyl sites for hydroxylation is 1. The molecule has 3 aliphatic carbocycles. The molecule has 0 amide bonds. The SMILES string of the molecule is Cc1c[c-]c(-c2nc3cc4c(cc3n2-c2ccccc2)C2CCC4CC2)cn1.[Ir]. The van der Waals surface area contributed by atoms with Crippen LogP contribution in [0.1, 0.15) is 54.3 Å². The Morgan fingerprint density at radius 1 is 0.966 bits per heavy atom. The third-order valence-corrected chi connectivity index (χ3v) is 6.56. The normalized spacial score (nSPS) is 19.8. The van der Waals surface area contributed by atoms with E-state index in [1.165, 1.54) is 31.2 Å². The molecule has 29 heavy (non-hydrogen) atoms. The van der Waals surface area contributed by atoms with Crippen molar-refractivity contribution in [3.63, 3.8) is 0 Å². The number of benzene rings is 2. The summed E-state index contributed by atoms with van der Waals surface area (Å²) >= 11 is 0. The fraction of sp³-hybridized carbons (Fsp3) is 0.280. The van der Waals surface area contributed by atoms with E-state index >= 15 is 0 Å². The first-order chi connectivity index (χ1) is 13.8. The Labute approximate surface area is 184 Å². The summed E-state index contributed by atoms with van der Waals surface area (Å²) in [7, 11) is 0. The zero-order valence-electron chi connectivity index (χ0n) is 16.4. The number of fused-ring (bicyclic) bond motifs is 3. The summed E-state index contributed by atoms with van der Waals surface area (Å²) in [5.74, 6) is 2.37. The van der Waals surface area contributed by atoms with Gasteiger partial charge in [-0.3, -0.25) is 4.98 Å². The van der Waals surface area contributed by atoms with Gasteiger partial charge in [0.15, 0.2) is 0 Å². The summed E-state index contributed by atoms with van der Waals surface area (Å²) in [6.07, 6.45) is 7.24. The van der Waals surface area contributed by atoms with Crippen LogP contribution in [0.2, 0.25) is 0 Å². The average molecular weight is 557 g/mol. The maximum atomic E-state index is 5.07. The van der Waals surface area contributed by atoms with Crippen LogP contribution in [0.25, 0.3) is 28.1 Å². The van der Waals surface area contributed by atoms with Crippen LogP contribution in [-0.4, -0.2) is 14.5 Å². The Morgan fingerprint density at radius 3 is 2.31 bits per heavy atom. The van der Waals surface area contributed by atoms with E-state index in [1.807, 2.05) is 19.2 Å². The first kappa shape index (κ1) is 18.7. The molecule has 0 unspecified atom stereocenters. The molecule has 0 N–H and O–H groups in total. The maximum Gasteiger partial charge on any atom is 0.0777 e. The van der Waals surface area contributed by atoms with Crippen molar-refractivity contribution in [3.05, 3.63) is 77.6 Å². The fourth-order valence-electron chi connectivity index (χ4n) is 5.14. The van der Waals surface area contributed by atoms with Crippen LogP contribution in [0.15, 0.2) is 54.7 Å². The summed E-state index contributed by atoms with van der Waals surface area (Å²) in [5.41, 5.74) is 8.43. The molecule has 1 fully saturated rings. The molecule has 147 valence electrons. The minimum absolute atomic E-state index is 0. The first-order valence-electron chi connectivity index (χ1n) is 10.2. The van der Waals surface area contributed by atoms with Gasteiger partial charge in [-0.15, -0.1) is 12.1 Å². The molecule has 4 aromatic rings.